The molecule has 1 aromatic carbocycles. The summed E-state index contributed by atoms with van der Waals surface area (Å²) in [5.74, 6) is -11.5. The standard InChI is InChI=1S/C20H21F6N3O5/c21-19(22,12-3-9-34-10-4-12)17(32)29(26)15-11-13(1-2-14(15)16(30)31)27-5-7-28(8-6-27)18(33)20(23,24)25/h1-2,11-12H,3-10H2,(H,30,31). The molecule has 0 spiro atoms. The van der Waals surface area contributed by atoms with Crippen molar-refractivity contribution in [3.05, 3.63) is 23.8 Å². The van der Waals surface area contributed by atoms with Crippen LogP contribution in [0.5, 0.6) is 0 Å². The van der Waals surface area contributed by atoms with Crippen LogP contribution in [0, 0.1) is 5.92 Å². The van der Waals surface area contributed by atoms with Gasteiger partial charge in [0.2, 0.25) is 0 Å². The molecule has 2 heterocycles. The molecular formula is C20H21F6N3O5. The summed E-state index contributed by atoms with van der Waals surface area (Å²) >= 11 is 0. The molecule has 0 unspecified atom stereocenters. The Hall–Kier alpha value is -3.03. The van der Waals surface area contributed by atoms with Gasteiger partial charge in [-0.15, -0.1) is 5.12 Å². The maximum atomic E-state index is 15.0. The predicted octanol–water partition coefficient (Wildman–Crippen LogP) is 2.88. The second-order valence-electron chi connectivity index (χ2n) is 7.88. The summed E-state index contributed by atoms with van der Waals surface area (Å²) in [6.07, 6.45) is -5.40. The summed E-state index contributed by atoms with van der Waals surface area (Å²) in [5.41, 5.74) is -1.60. The number of ether oxygens (including phenoxy) is 1. The van der Waals surface area contributed by atoms with Gasteiger partial charge in [-0.3, -0.25) is 9.59 Å². The van der Waals surface area contributed by atoms with Crippen molar-refractivity contribution in [2.24, 2.45) is 5.92 Å². The topological polar surface area (TPSA) is 90.4 Å². The fraction of sp³-hybridized carbons (Fsp3) is 0.550. The van der Waals surface area contributed by atoms with E-state index in [1.807, 2.05) is 0 Å². The summed E-state index contributed by atoms with van der Waals surface area (Å²) in [5, 5.41) is 8.45. The molecule has 0 atom stereocenters. The number of anilines is 2. The lowest BCUT2D eigenvalue weighted by atomic mass is 9.92. The number of nitrogens with zero attached hydrogens (tertiary/aromatic N) is 3. The van der Waals surface area contributed by atoms with Crippen molar-refractivity contribution in [1.82, 2.24) is 4.90 Å². The van der Waals surface area contributed by atoms with Gasteiger partial charge in [0.25, 0.3) is 0 Å². The lowest BCUT2D eigenvalue weighted by molar-refractivity contribution is -0.185. The Morgan fingerprint density at radius 1 is 1.00 bits per heavy atom. The smallest absolute Gasteiger partial charge is 0.471 e. The van der Waals surface area contributed by atoms with E-state index in [1.165, 1.54) is 11.0 Å². The van der Waals surface area contributed by atoms with Gasteiger partial charge in [-0.2, -0.15) is 22.0 Å². The summed E-state index contributed by atoms with van der Waals surface area (Å²) in [6, 6.07) is 2.98. The molecule has 0 bridgehead atoms. The fourth-order valence-corrected chi connectivity index (χ4v) is 3.88. The van der Waals surface area contributed by atoms with E-state index in [4.69, 9.17) is 4.74 Å². The molecule has 0 radical (unpaired) electrons. The van der Waals surface area contributed by atoms with Crippen LogP contribution in [-0.2, 0) is 14.3 Å². The Morgan fingerprint density at radius 3 is 2.12 bits per heavy atom. The quantitative estimate of drug-likeness (QED) is 0.497. The first-order valence-corrected chi connectivity index (χ1v) is 10.3. The van der Waals surface area contributed by atoms with E-state index in [0.717, 1.165) is 12.1 Å². The summed E-state index contributed by atoms with van der Waals surface area (Å²) in [6.45, 7) is -0.946. The highest BCUT2D eigenvalue weighted by Crippen LogP contribution is 2.37. The van der Waals surface area contributed by atoms with E-state index in [0.29, 0.717) is 4.90 Å². The van der Waals surface area contributed by atoms with Crippen molar-refractivity contribution in [1.29, 1.82) is 0 Å². The second-order valence-corrected chi connectivity index (χ2v) is 7.88. The number of alkyl halides is 5. The molecule has 3 rings (SSSR count). The number of aromatic carboxylic acids is 1. The van der Waals surface area contributed by atoms with Crippen LogP contribution in [0.15, 0.2) is 18.2 Å². The van der Waals surface area contributed by atoms with E-state index in [2.05, 4.69) is 0 Å². The van der Waals surface area contributed by atoms with Crippen LogP contribution in [0.2, 0.25) is 0 Å². The van der Waals surface area contributed by atoms with Crippen molar-refractivity contribution in [3.8, 4) is 0 Å². The number of carboxylic acids is 1. The minimum absolute atomic E-state index is 0.0293. The number of piperazine rings is 1. The largest absolute Gasteiger partial charge is 0.478 e. The van der Waals surface area contributed by atoms with Crippen LogP contribution < -0.4 is 10.0 Å². The van der Waals surface area contributed by atoms with Gasteiger partial charge in [0.15, 0.2) is 0 Å². The van der Waals surface area contributed by atoms with Gasteiger partial charge in [0.05, 0.1) is 11.3 Å². The van der Waals surface area contributed by atoms with Gasteiger partial charge >= 0.3 is 29.9 Å². The van der Waals surface area contributed by atoms with Crippen molar-refractivity contribution < 1.29 is 50.7 Å². The molecule has 0 aromatic heterocycles. The minimum atomic E-state index is -5.04. The SMILES string of the molecule is O=C(O)c1ccc(N2CCN(C(=O)C(F)(F)F)CC2)cc1N(F)C(=O)C(F)(F)C1CCOCC1. The normalized spacial score (nSPS) is 18.1. The first-order chi connectivity index (χ1) is 15.8. The Morgan fingerprint density at radius 2 is 1.59 bits per heavy atom. The predicted molar refractivity (Wildman–Crippen MR) is 105 cm³/mol. The lowest BCUT2D eigenvalue weighted by Gasteiger charge is -2.36. The van der Waals surface area contributed by atoms with Crippen molar-refractivity contribution in [2.75, 3.05) is 49.4 Å². The number of carbonyl (C=O) groups is 3. The molecule has 2 amide bonds. The first kappa shape index (κ1) is 25.6. The van der Waals surface area contributed by atoms with Crippen molar-refractivity contribution >= 4 is 29.2 Å². The lowest BCUT2D eigenvalue weighted by Crippen LogP contribution is -2.52. The molecule has 14 heteroatoms. The highest BCUT2D eigenvalue weighted by atomic mass is 19.4. The highest BCUT2D eigenvalue weighted by Gasteiger charge is 2.51. The Balaban J connectivity index is 1.82. The summed E-state index contributed by atoms with van der Waals surface area (Å²) in [7, 11) is 0. The van der Waals surface area contributed by atoms with Crippen LogP contribution >= 0.6 is 0 Å². The molecule has 2 saturated heterocycles. The van der Waals surface area contributed by atoms with Gasteiger partial charge in [0.1, 0.15) is 0 Å². The first-order valence-electron chi connectivity index (χ1n) is 10.3. The second kappa shape index (κ2) is 9.68. The van der Waals surface area contributed by atoms with Gasteiger partial charge in [-0.25, -0.2) is 4.79 Å². The number of benzene rings is 1. The van der Waals surface area contributed by atoms with Crippen LogP contribution in [0.4, 0.5) is 37.8 Å². The van der Waals surface area contributed by atoms with Crippen LogP contribution in [0.25, 0.3) is 0 Å². The molecule has 2 fully saturated rings. The molecular weight excluding hydrogens is 476 g/mol. The summed E-state index contributed by atoms with van der Waals surface area (Å²) in [4.78, 5) is 37.2. The van der Waals surface area contributed by atoms with E-state index in [9.17, 15) is 45.9 Å². The third kappa shape index (κ3) is 5.21. The molecule has 2 aliphatic rings. The van der Waals surface area contributed by atoms with E-state index >= 15 is 0 Å². The molecule has 188 valence electrons. The average Bonchev–Trinajstić information content (AvgIpc) is 2.82. The molecule has 1 N–H and O–H groups in total. The maximum absolute atomic E-state index is 15.0. The number of hydrogen-bond acceptors (Lipinski definition) is 5. The average molecular weight is 497 g/mol. The van der Waals surface area contributed by atoms with E-state index in [1.54, 1.807) is 0 Å². The third-order valence-corrected chi connectivity index (χ3v) is 5.80. The zero-order chi connectivity index (χ0) is 25.3. The van der Waals surface area contributed by atoms with Crippen molar-refractivity contribution in [3.63, 3.8) is 0 Å². The third-order valence-electron chi connectivity index (χ3n) is 5.80. The van der Waals surface area contributed by atoms with Gasteiger partial charge in [-0.05, 0) is 31.0 Å². The Kier molecular flexibility index (Phi) is 7.29. The fourth-order valence-electron chi connectivity index (χ4n) is 3.88. The molecule has 8 nitrogen and oxygen atoms in total. The summed E-state index contributed by atoms with van der Waals surface area (Å²) < 4.78 is 87.1. The number of rotatable bonds is 5. The van der Waals surface area contributed by atoms with E-state index < -0.39 is 52.2 Å². The Bertz CT molecular complexity index is 943. The van der Waals surface area contributed by atoms with Gasteiger partial charge < -0.3 is 19.6 Å². The number of amides is 2. The van der Waals surface area contributed by atoms with Crippen molar-refractivity contribution in [2.45, 2.75) is 24.9 Å². The molecule has 2 aliphatic heterocycles. The van der Waals surface area contributed by atoms with Gasteiger partial charge in [-0.1, -0.05) is 4.48 Å². The van der Waals surface area contributed by atoms with Crippen LogP contribution in [0.3, 0.4) is 0 Å². The maximum Gasteiger partial charge on any atom is 0.471 e. The molecule has 34 heavy (non-hydrogen) atoms. The monoisotopic (exact) mass is 497 g/mol. The number of hydrogen-bond donors (Lipinski definition) is 1. The zero-order valence-corrected chi connectivity index (χ0v) is 17.7. The van der Waals surface area contributed by atoms with Crippen LogP contribution in [0.1, 0.15) is 23.2 Å². The number of carbonyl (C=O) groups excluding carboxylic acids is 2. The minimum Gasteiger partial charge on any atom is -0.478 e. The molecule has 0 saturated carbocycles. The Labute approximate surface area is 189 Å². The highest BCUT2D eigenvalue weighted by molar-refractivity contribution is 6.03. The number of carboxylic acid groups (broad SMARTS) is 1. The molecule has 0 aliphatic carbocycles. The molecule has 1 aromatic rings. The van der Waals surface area contributed by atoms with Gasteiger partial charge in [0, 0.05) is 51.0 Å². The zero-order valence-electron chi connectivity index (χ0n) is 17.7. The van der Waals surface area contributed by atoms with E-state index in [-0.39, 0.29) is 57.9 Å². The van der Waals surface area contributed by atoms with Crippen LogP contribution in [-0.4, -0.2) is 79.3 Å². The number of halogens is 6.